The number of rotatable bonds is 7. The predicted molar refractivity (Wildman–Crippen MR) is 129 cm³/mol. The lowest BCUT2D eigenvalue weighted by molar-refractivity contribution is -0.122. The molecule has 0 aliphatic heterocycles. The van der Waals surface area contributed by atoms with Crippen molar-refractivity contribution in [3.05, 3.63) is 71.5 Å². The third kappa shape index (κ3) is 4.53. The minimum Gasteiger partial charge on any atom is -0.497 e. The lowest BCUT2D eigenvalue weighted by Gasteiger charge is -2.18. The molecule has 0 aliphatic carbocycles. The average molecular weight is 445 g/mol. The minimum atomic E-state index is -0.276. The number of carbonyl (C=O) groups is 1. The molecule has 7 nitrogen and oxygen atoms in total. The van der Waals surface area contributed by atoms with Crippen molar-refractivity contribution < 1.29 is 14.3 Å². The second kappa shape index (κ2) is 9.32. The summed E-state index contributed by atoms with van der Waals surface area (Å²) >= 11 is 0. The Morgan fingerprint density at radius 1 is 1.06 bits per heavy atom. The molecule has 0 fully saturated rings. The first kappa shape index (κ1) is 22.3. The van der Waals surface area contributed by atoms with E-state index in [0.717, 1.165) is 27.8 Å². The van der Waals surface area contributed by atoms with E-state index in [0.29, 0.717) is 17.1 Å². The molecular formula is C26H28N4O3. The van der Waals surface area contributed by atoms with Crippen LogP contribution in [0, 0.1) is 13.8 Å². The first-order chi connectivity index (χ1) is 15.9. The first-order valence-corrected chi connectivity index (χ1v) is 10.8. The molecule has 1 atom stereocenters. The van der Waals surface area contributed by atoms with E-state index >= 15 is 0 Å². The van der Waals surface area contributed by atoms with Gasteiger partial charge in [0.15, 0.2) is 5.65 Å². The molecule has 170 valence electrons. The van der Waals surface area contributed by atoms with Crippen LogP contribution in [-0.2, 0) is 11.3 Å². The summed E-state index contributed by atoms with van der Waals surface area (Å²) in [7, 11) is 3.22. The van der Waals surface area contributed by atoms with Crippen molar-refractivity contribution in [3.8, 4) is 22.6 Å². The highest BCUT2D eigenvalue weighted by atomic mass is 16.5. The van der Waals surface area contributed by atoms with Crippen molar-refractivity contribution in [3.63, 3.8) is 0 Å². The topological polar surface area (TPSA) is 78.3 Å². The van der Waals surface area contributed by atoms with E-state index in [1.54, 1.807) is 25.1 Å². The third-order valence-electron chi connectivity index (χ3n) is 5.74. The summed E-state index contributed by atoms with van der Waals surface area (Å²) in [5, 5.41) is 8.61. The zero-order valence-electron chi connectivity index (χ0n) is 19.5. The van der Waals surface area contributed by atoms with E-state index in [1.165, 1.54) is 5.56 Å². The van der Waals surface area contributed by atoms with Crippen molar-refractivity contribution in [2.45, 2.75) is 33.4 Å². The quantitative estimate of drug-likeness (QED) is 0.450. The molecule has 2 aromatic carbocycles. The molecule has 4 rings (SSSR count). The molecule has 0 aliphatic rings. The van der Waals surface area contributed by atoms with Crippen LogP contribution in [-0.4, -0.2) is 34.9 Å². The standard InChI is InChI=1S/C26H28N4O3/c1-16-6-8-19(9-7-16)21-12-13-27-26-25(21)18(3)29-30(26)15-24(31)28-17(2)22-14-20(32-4)10-11-23(22)33-5/h6-14,17H,15H2,1-5H3,(H,28,31). The number of nitrogens with zero attached hydrogens (tertiary/aromatic N) is 3. The molecule has 1 amide bonds. The molecule has 0 saturated carbocycles. The highest BCUT2D eigenvalue weighted by Gasteiger charge is 2.19. The second-order valence-corrected chi connectivity index (χ2v) is 8.06. The maximum atomic E-state index is 12.9. The van der Waals surface area contributed by atoms with Crippen LogP contribution in [0.3, 0.4) is 0 Å². The van der Waals surface area contributed by atoms with Crippen LogP contribution in [0.25, 0.3) is 22.2 Å². The highest BCUT2D eigenvalue weighted by Crippen LogP contribution is 2.31. The Labute approximate surface area is 193 Å². The fourth-order valence-electron chi connectivity index (χ4n) is 4.04. The van der Waals surface area contributed by atoms with Gasteiger partial charge in [-0.3, -0.25) is 4.79 Å². The number of hydrogen-bond acceptors (Lipinski definition) is 5. The first-order valence-electron chi connectivity index (χ1n) is 10.8. The average Bonchev–Trinajstić information content (AvgIpc) is 3.14. The maximum absolute atomic E-state index is 12.9. The number of pyridine rings is 1. The van der Waals surface area contributed by atoms with Crippen molar-refractivity contribution in [2.75, 3.05) is 14.2 Å². The lowest BCUT2D eigenvalue weighted by atomic mass is 10.0. The lowest BCUT2D eigenvalue weighted by Crippen LogP contribution is -2.30. The summed E-state index contributed by atoms with van der Waals surface area (Å²) in [6, 6.07) is 15.6. The van der Waals surface area contributed by atoms with Crippen LogP contribution >= 0.6 is 0 Å². The summed E-state index contributed by atoms with van der Waals surface area (Å²) in [5.41, 5.74) is 5.72. The molecule has 7 heteroatoms. The number of amides is 1. The SMILES string of the molecule is COc1ccc(OC)c(C(C)NC(=O)Cn2nc(C)c3c(-c4ccc(C)cc4)ccnc32)c1. The Morgan fingerprint density at radius 3 is 2.52 bits per heavy atom. The van der Waals surface area contributed by atoms with Crippen molar-refractivity contribution in [1.82, 2.24) is 20.1 Å². The monoisotopic (exact) mass is 444 g/mol. The van der Waals surface area contributed by atoms with Crippen LogP contribution in [0.5, 0.6) is 11.5 Å². The molecule has 2 aromatic heterocycles. The van der Waals surface area contributed by atoms with Crippen LogP contribution in [0.15, 0.2) is 54.7 Å². The van der Waals surface area contributed by atoms with Gasteiger partial charge in [-0.1, -0.05) is 29.8 Å². The van der Waals surface area contributed by atoms with Crippen molar-refractivity contribution in [2.24, 2.45) is 0 Å². The predicted octanol–water partition coefficient (Wildman–Crippen LogP) is 4.61. The van der Waals surface area contributed by atoms with E-state index in [2.05, 4.69) is 46.6 Å². The van der Waals surface area contributed by atoms with Crippen LogP contribution in [0.4, 0.5) is 0 Å². The van der Waals surface area contributed by atoms with Gasteiger partial charge in [0.2, 0.25) is 5.91 Å². The van der Waals surface area contributed by atoms with Gasteiger partial charge in [0, 0.05) is 17.1 Å². The van der Waals surface area contributed by atoms with Gasteiger partial charge >= 0.3 is 0 Å². The zero-order valence-corrected chi connectivity index (χ0v) is 19.5. The Balaban J connectivity index is 1.59. The normalized spacial score (nSPS) is 11.9. The fourth-order valence-corrected chi connectivity index (χ4v) is 4.04. The van der Waals surface area contributed by atoms with Gasteiger partial charge in [0.1, 0.15) is 18.0 Å². The van der Waals surface area contributed by atoms with E-state index in [4.69, 9.17) is 9.47 Å². The Bertz CT molecular complexity index is 1300. The number of aryl methyl sites for hydroxylation is 2. The van der Waals surface area contributed by atoms with Gasteiger partial charge in [-0.15, -0.1) is 0 Å². The smallest absolute Gasteiger partial charge is 0.242 e. The second-order valence-electron chi connectivity index (χ2n) is 8.06. The Kier molecular flexibility index (Phi) is 6.31. The van der Waals surface area contributed by atoms with Gasteiger partial charge in [-0.2, -0.15) is 5.10 Å². The molecule has 33 heavy (non-hydrogen) atoms. The Morgan fingerprint density at radius 2 is 1.82 bits per heavy atom. The number of aromatic nitrogens is 3. The summed E-state index contributed by atoms with van der Waals surface area (Å²) < 4.78 is 12.4. The third-order valence-corrected chi connectivity index (χ3v) is 5.74. The molecule has 0 saturated heterocycles. The van der Waals surface area contributed by atoms with Crippen molar-refractivity contribution in [1.29, 1.82) is 0 Å². The van der Waals surface area contributed by atoms with Crippen LogP contribution in [0.2, 0.25) is 0 Å². The molecular weight excluding hydrogens is 416 g/mol. The summed E-state index contributed by atoms with van der Waals surface area (Å²) in [6.45, 7) is 5.98. The molecule has 0 bridgehead atoms. The fraction of sp³-hybridized carbons (Fsp3) is 0.269. The molecule has 0 radical (unpaired) electrons. The molecule has 1 N–H and O–H groups in total. The van der Waals surface area contributed by atoms with Gasteiger partial charge in [0.05, 0.1) is 26.0 Å². The largest absolute Gasteiger partial charge is 0.497 e. The summed E-state index contributed by atoms with van der Waals surface area (Å²) in [6.07, 6.45) is 1.76. The summed E-state index contributed by atoms with van der Waals surface area (Å²) in [5.74, 6) is 1.22. The number of carbonyl (C=O) groups excluding carboxylic acids is 1. The highest BCUT2D eigenvalue weighted by molar-refractivity contribution is 5.95. The summed E-state index contributed by atoms with van der Waals surface area (Å²) in [4.78, 5) is 17.5. The Hall–Kier alpha value is -3.87. The van der Waals surface area contributed by atoms with E-state index in [9.17, 15) is 4.79 Å². The number of hydrogen-bond donors (Lipinski definition) is 1. The van der Waals surface area contributed by atoms with Gasteiger partial charge in [-0.25, -0.2) is 9.67 Å². The maximum Gasteiger partial charge on any atom is 0.242 e. The van der Waals surface area contributed by atoms with Gasteiger partial charge in [0.25, 0.3) is 0 Å². The van der Waals surface area contributed by atoms with Crippen LogP contribution < -0.4 is 14.8 Å². The van der Waals surface area contributed by atoms with Gasteiger partial charge in [-0.05, 0) is 56.2 Å². The number of methoxy groups -OCH3 is 2. The number of benzene rings is 2. The zero-order chi connectivity index (χ0) is 23.5. The number of fused-ring (bicyclic) bond motifs is 1. The molecule has 1 unspecified atom stereocenters. The number of nitrogens with one attached hydrogen (secondary N) is 1. The number of ether oxygens (including phenoxy) is 2. The van der Waals surface area contributed by atoms with E-state index in [1.807, 2.05) is 38.1 Å². The molecule has 4 aromatic rings. The van der Waals surface area contributed by atoms with E-state index in [-0.39, 0.29) is 18.5 Å². The van der Waals surface area contributed by atoms with Crippen LogP contribution in [0.1, 0.15) is 29.8 Å². The molecule has 2 heterocycles. The molecule has 0 spiro atoms. The van der Waals surface area contributed by atoms with E-state index < -0.39 is 0 Å². The van der Waals surface area contributed by atoms with Gasteiger partial charge < -0.3 is 14.8 Å². The van der Waals surface area contributed by atoms with Crippen molar-refractivity contribution >= 4 is 16.9 Å². The minimum absolute atomic E-state index is 0.0608.